The van der Waals surface area contributed by atoms with Crippen LogP contribution in [0.4, 0.5) is 0 Å². The van der Waals surface area contributed by atoms with Gasteiger partial charge in [-0.1, -0.05) is 29.8 Å². The second-order valence-electron chi connectivity index (χ2n) is 4.53. The second-order valence-corrected chi connectivity index (χ2v) is 5.38. The smallest absolute Gasteiger partial charge is 0.115 e. The van der Waals surface area contributed by atoms with Gasteiger partial charge in [0.25, 0.3) is 0 Å². The molecule has 0 aliphatic heterocycles. The van der Waals surface area contributed by atoms with E-state index >= 15 is 0 Å². The lowest BCUT2D eigenvalue weighted by Gasteiger charge is -2.06. The van der Waals surface area contributed by atoms with Gasteiger partial charge in [-0.15, -0.1) is 0 Å². The van der Waals surface area contributed by atoms with Gasteiger partial charge in [0.05, 0.1) is 0 Å². The van der Waals surface area contributed by atoms with Crippen LogP contribution < -0.4 is 5.73 Å². The van der Waals surface area contributed by atoms with Gasteiger partial charge in [-0.3, -0.25) is 0 Å². The van der Waals surface area contributed by atoms with Crippen molar-refractivity contribution in [2.24, 2.45) is 11.1 Å². The van der Waals surface area contributed by atoms with E-state index in [1.54, 1.807) is 12.1 Å². The molecule has 76 valence electrons. The predicted molar refractivity (Wildman–Crippen MR) is 60.3 cm³/mol. The van der Waals surface area contributed by atoms with E-state index in [-0.39, 0.29) is 11.5 Å². The fourth-order valence-electron chi connectivity index (χ4n) is 2.04. The van der Waals surface area contributed by atoms with E-state index in [1.165, 1.54) is 0 Å². The zero-order valence-electron chi connectivity index (χ0n) is 8.29. The third kappa shape index (κ3) is 1.35. The Hall–Kier alpha value is -0.540. The molecular weight excluding hydrogens is 242 g/mol. The molecule has 1 fully saturated rings. The summed E-state index contributed by atoms with van der Waals surface area (Å²) in [5.41, 5.74) is 7.26. The maximum absolute atomic E-state index is 9.41. The van der Waals surface area contributed by atoms with Gasteiger partial charge in [0.2, 0.25) is 0 Å². The average molecular weight is 256 g/mol. The molecule has 1 aromatic carbocycles. The van der Waals surface area contributed by atoms with Crippen LogP contribution in [0.2, 0.25) is 0 Å². The van der Waals surface area contributed by atoms with Crippen molar-refractivity contribution < 1.29 is 5.11 Å². The van der Waals surface area contributed by atoms with Crippen LogP contribution in [0.5, 0.6) is 5.75 Å². The molecule has 2 nitrogen and oxygen atoms in total. The van der Waals surface area contributed by atoms with Crippen LogP contribution in [-0.2, 0) is 0 Å². The van der Waals surface area contributed by atoms with E-state index in [2.05, 4.69) is 29.8 Å². The van der Waals surface area contributed by atoms with Crippen LogP contribution in [-0.4, -0.2) is 11.1 Å². The van der Waals surface area contributed by atoms with Crippen molar-refractivity contribution in [3.63, 3.8) is 0 Å². The first-order valence-corrected chi connectivity index (χ1v) is 5.48. The van der Waals surface area contributed by atoms with Crippen LogP contribution in [0.1, 0.15) is 25.3 Å². The quantitative estimate of drug-likeness (QED) is 0.811. The highest BCUT2D eigenvalue weighted by Crippen LogP contribution is 2.58. The predicted octanol–water partition coefficient (Wildman–Crippen LogP) is 2.61. The summed E-state index contributed by atoms with van der Waals surface area (Å²) in [6.45, 7) is 4.30. The summed E-state index contributed by atoms with van der Waals surface area (Å²) in [6, 6.07) is 5.53. The highest BCUT2D eigenvalue weighted by Gasteiger charge is 2.56. The minimum Gasteiger partial charge on any atom is -0.508 e. The highest BCUT2D eigenvalue weighted by molar-refractivity contribution is 9.10. The third-order valence-corrected chi connectivity index (χ3v) is 3.95. The molecule has 1 aliphatic rings. The number of aromatic hydroxyl groups is 1. The number of hydrogen-bond acceptors (Lipinski definition) is 2. The number of phenols is 1. The summed E-state index contributed by atoms with van der Waals surface area (Å²) < 4.78 is 1.03. The van der Waals surface area contributed by atoms with Crippen molar-refractivity contribution in [3.8, 4) is 5.75 Å². The maximum Gasteiger partial charge on any atom is 0.115 e. The molecule has 1 aromatic rings. The molecule has 14 heavy (non-hydrogen) atoms. The third-order valence-electron chi connectivity index (χ3n) is 3.23. The first kappa shape index (κ1) is 9.99. The van der Waals surface area contributed by atoms with Gasteiger partial charge in [-0.2, -0.15) is 0 Å². The fourth-order valence-corrected chi connectivity index (χ4v) is 2.53. The minimum atomic E-state index is 0.149. The highest BCUT2D eigenvalue weighted by atomic mass is 79.9. The van der Waals surface area contributed by atoms with Gasteiger partial charge >= 0.3 is 0 Å². The Kier molecular flexibility index (Phi) is 2.12. The molecule has 2 rings (SSSR count). The van der Waals surface area contributed by atoms with E-state index in [0.29, 0.717) is 11.7 Å². The molecule has 0 heterocycles. The van der Waals surface area contributed by atoms with E-state index < -0.39 is 0 Å². The van der Waals surface area contributed by atoms with E-state index in [1.807, 2.05) is 6.07 Å². The van der Waals surface area contributed by atoms with Crippen LogP contribution >= 0.6 is 15.9 Å². The Bertz CT molecular complexity index is 376. The molecule has 1 saturated carbocycles. The molecule has 2 unspecified atom stereocenters. The SMILES string of the molecule is CC1(C)C(N)C1c1cc(O)ccc1Br. The summed E-state index contributed by atoms with van der Waals surface area (Å²) in [4.78, 5) is 0. The van der Waals surface area contributed by atoms with Crippen molar-refractivity contribution in [3.05, 3.63) is 28.2 Å². The summed E-state index contributed by atoms with van der Waals surface area (Å²) in [5, 5.41) is 9.41. The van der Waals surface area contributed by atoms with Gasteiger partial charge in [-0.25, -0.2) is 0 Å². The molecule has 0 radical (unpaired) electrons. The molecule has 0 amide bonds. The van der Waals surface area contributed by atoms with Crippen molar-refractivity contribution >= 4 is 15.9 Å². The largest absolute Gasteiger partial charge is 0.508 e. The van der Waals surface area contributed by atoms with Gasteiger partial charge in [-0.05, 0) is 29.2 Å². The number of rotatable bonds is 1. The normalized spacial score (nSPS) is 28.9. The molecule has 0 aromatic heterocycles. The van der Waals surface area contributed by atoms with Gasteiger partial charge < -0.3 is 10.8 Å². The molecular formula is C11H14BrNO. The van der Waals surface area contributed by atoms with Crippen molar-refractivity contribution in [1.29, 1.82) is 0 Å². The Morgan fingerprint density at radius 3 is 2.50 bits per heavy atom. The molecule has 1 aliphatic carbocycles. The number of hydrogen-bond donors (Lipinski definition) is 2. The van der Waals surface area contributed by atoms with E-state index in [4.69, 9.17) is 5.73 Å². The van der Waals surface area contributed by atoms with Gasteiger partial charge in [0.1, 0.15) is 5.75 Å². The lowest BCUT2D eigenvalue weighted by atomic mass is 10.0. The zero-order chi connectivity index (χ0) is 10.5. The molecule has 0 saturated heterocycles. The van der Waals surface area contributed by atoms with Crippen molar-refractivity contribution in [1.82, 2.24) is 0 Å². The minimum absolute atomic E-state index is 0.149. The Balaban J connectivity index is 2.39. The van der Waals surface area contributed by atoms with E-state index in [0.717, 1.165) is 10.0 Å². The van der Waals surface area contributed by atoms with Gasteiger partial charge in [0, 0.05) is 16.4 Å². The number of phenolic OH excluding ortho intramolecular Hbond substituents is 1. The average Bonchev–Trinajstić information content (AvgIpc) is 2.58. The fraction of sp³-hybridized carbons (Fsp3) is 0.455. The van der Waals surface area contributed by atoms with Crippen molar-refractivity contribution in [2.75, 3.05) is 0 Å². The lowest BCUT2D eigenvalue weighted by molar-refractivity contribution is 0.474. The Morgan fingerprint density at radius 1 is 1.43 bits per heavy atom. The first-order valence-electron chi connectivity index (χ1n) is 4.68. The number of halogens is 1. The molecule has 0 spiro atoms. The summed E-state index contributed by atoms with van der Waals surface area (Å²) in [7, 11) is 0. The standard InChI is InChI=1S/C11H14BrNO/c1-11(2)9(10(11)13)7-5-6(14)3-4-8(7)12/h3-5,9-10,14H,13H2,1-2H3. The molecule has 3 heteroatoms. The second kappa shape index (κ2) is 2.97. The Morgan fingerprint density at radius 2 is 2.00 bits per heavy atom. The maximum atomic E-state index is 9.41. The van der Waals surface area contributed by atoms with Crippen LogP contribution in [0.25, 0.3) is 0 Å². The summed E-state index contributed by atoms with van der Waals surface area (Å²) in [5.74, 6) is 0.655. The Labute approximate surface area is 92.3 Å². The van der Waals surface area contributed by atoms with Gasteiger partial charge in [0.15, 0.2) is 0 Å². The topological polar surface area (TPSA) is 46.2 Å². The van der Waals surface area contributed by atoms with Crippen LogP contribution in [0.3, 0.4) is 0 Å². The summed E-state index contributed by atoms with van der Waals surface area (Å²) >= 11 is 3.48. The molecule has 0 bridgehead atoms. The van der Waals surface area contributed by atoms with Crippen LogP contribution in [0, 0.1) is 5.41 Å². The van der Waals surface area contributed by atoms with Crippen LogP contribution in [0.15, 0.2) is 22.7 Å². The summed E-state index contributed by atoms with van der Waals surface area (Å²) in [6.07, 6.45) is 0. The monoisotopic (exact) mass is 255 g/mol. The first-order chi connectivity index (χ1) is 6.44. The number of nitrogens with two attached hydrogens (primary N) is 1. The molecule has 2 atom stereocenters. The lowest BCUT2D eigenvalue weighted by Crippen LogP contribution is -2.06. The van der Waals surface area contributed by atoms with Crippen molar-refractivity contribution in [2.45, 2.75) is 25.8 Å². The zero-order valence-corrected chi connectivity index (χ0v) is 9.88. The molecule has 3 N–H and O–H groups in total. The number of benzene rings is 1. The van der Waals surface area contributed by atoms with E-state index in [9.17, 15) is 5.11 Å².